The lowest BCUT2D eigenvalue weighted by Gasteiger charge is -2.14. The molecule has 0 radical (unpaired) electrons. The van der Waals surface area contributed by atoms with E-state index in [4.69, 9.17) is 4.74 Å². The fraction of sp³-hybridized carbons (Fsp3) is 0.643. The van der Waals surface area contributed by atoms with Gasteiger partial charge < -0.3 is 4.74 Å². The predicted molar refractivity (Wildman–Crippen MR) is 73.0 cm³/mol. The second-order valence-corrected chi connectivity index (χ2v) is 6.46. The van der Waals surface area contributed by atoms with Gasteiger partial charge in [-0.25, -0.2) is 0 Å². The third kappa shape index (κ3) is 4.60. The summed E-state index contributed by atoms with van der Waals surface area (Å²) in [7, 11) is 0. The standard InChI is InChI=1S/C14H22O2S/c1-9(2)6-10(3)16-8-14(15)13-7-11(4)17-12(13)5/h7,9-10H,6,8H2,1-5H3. The maximum absolute atomic E-state index is 12.0. The summed E-state index contributed by atoms with van der Waals surface area (Å²) < 4.78 is 5.59. The molecule has 0 fully saturated rings. The van der Waals surface area contributed by atoms with Gasteiger partial charge in [0.1, 0.15) is 6.61 Å². The van der Waals surface area contributed by atoms with Crippen molar-refractivity contribution in [3.8, 4) is 0 Å². The van der Waals surface area contributed by atoms with Crippen LogP contribution in [0.15, 0.2) is 6.07 Å². The van der Waals surface area contributed by atoms with E-state index in [1.165, 1.54) is 4.88 Å². The zero-order valence-corrected chi connectivity index (χ0v) is 12.2. The van der Waals surface area contributed by atoms with E-state index in [-0.39, 0.29) is 18.5 Å². The van der Waals surface area contributed by atoms with E-state index in [1.54, 1.807) is 11.3 Å². The van der Waals surface area contributed by atoms with Crippen molar-refractivity contribution in [1.82, 2.24) is 0 Å². The normalized spacial score (nSPS) is 13.1. The Hall–Kier alpha value is -0.670. The highest BCUT2D eigenvalue weighted by Gasteiger charge is 2.14. The van der Waals surface area contributed by atoms with Crippen LogP contribution < -0.4 is 0 Å². The molecule has 1 aromatic heterocycles. The van der Waals surface area contributed by atoms with Crippen LogP contribution in [0.1, 0.15) is 47.3 Å². The number of rotatable bonds is 6. The van der Waals surface area contributed by atoms with E-state index in [2.05, 4.69) is 13.8 Å². The van der Waals surface area contributed by atoms with Gasteiger partial charge in [-0.2, -0.15) is 0 Å². The fourth-order valence-corrected chi connectivity index (χ4v) is 2.88. The fourth-order valence-electron chi connectivity index (χ4n) is 1.94. The van der Waals surface area contributed by atoms with Crippen molar-refractivity contribution >= 4 is 17.1 Å². The van der Waals surface area contributed by atoms with Crippen LogP contribution in [0, 0.1) is 19.8 Å². The van der Waals surface area contributed by atoms with Gasteiger partial charge in [-0.1, -0.05) is 13.8 Å². The molecule has 0 saturated carbocycles. The van der Waals surface area contributed by atoms with Crippen LogP contribution in [-0.2, 0) is 4.74 Å². The van der Waals surface area contributed by atoms with E-state index >= 15 is 0 Å². The molecule has 17 heavy (non-hydrogen) atoms. The summed E-state index contributed by atoms with van der Waals surface area (Å²) in [5.41, 5.74) is 0.823. The Morgan fingerprint density at radius 2 is 2.00 bits per heavy atom. The molecule has 0 aromatic carbocycles. The first-order valence-corrected chi connectivity index (χ1v) is 6.93. The van der Waals surface area contributed by atoms with Crippen LogP contribution in [0.25, 0.3) is 0 Å². The molecule has 0 aliphatic heterocycles. The lowest BCUT2D eigenvalue weighted by Crippen LogP contribution is -2.17. The van der Waals surface area contributed by atoms with Gasteiger partial charge >= 0.3 is 0 Å². The van der Waals surface area contributed by atoms with Crippen LogP contribution in [0.2, 0.25) is 0 Å². The lowest BCUT2D eigenvalue weighted by atomic mass is 10.1. The van der Waals surface area contributed by atoms with E-state index in [0.29, 0.717) is 5.92 Å². The van der Waals surface area contributed by atoms with Crippen molar-refractivity contribution in [2.24, 2.45) is 5.92 Å². The zero-order valence-electron chi connectivity index (χ0n) is 11.4. The summed E-state index contributed by atoms with van der Waals surface area (Å²) in [4.78, 5) is 14.2. The molecule has 96 valence electrons. The number of ketones is 1. The molecule has 0 aliphatic carbocycles. The smallest absolute Gasteiger partial charge is 0.189 e. The maximum atomic E-state index is 12.0. The molecular weight excluding hydrogens is 232 g/mol. The number of aryl methyl sites for hydroxylation is 2. The first-order valence-electron chi connectivity index (χ1n) is 6.12. The third-order valence-electron chi connectivity index (χ3n) is 2.64. The van der Waals surface area contributed by atoms with Gasteiger partial charge in [0, 0.05) is 15.3 Å². The molecule has 1 aromatic rings. The second kappa shape index (κ2) is 6.31. The quantitative estimate of drug-likeness (QED) is 0.717. The van der Waals surface area contributed by atoms with Gasteiger partial charge in [-0.05, 0) is 39.2 Å². The highest BCUT2D eigenvalue weighted by Crippen LogP contribution is 2.21. The van der Waals surface area contributed by atoms with Gasteiger partial charge in [0.25, 0.3) is 0 Å². The van der Waals surface area contributed by atoms with Crippen LogP contribution in [0.3, 0.4) is 0 Å². The molecule has 2 nitrogen and oxygen atoms in total. The number of hydrogen-bond donors (Lipinski definition) is 0. The summed E-state index contributed by atoms with van der Waals surface area (Å²) in [6.07, 6.45) is 1.15. The van der Waals surface area contributed by atoms with Crippen LogP contribution in [-0.4, -0.2) is 18.5 Å². The number of ether oxygens (including phenoxy) is 1. The first-order chi connectivity index (χ1) is 7.90. The molecule has 3 heteroatoms. The Bertz CT molecular complexity index is 380. The molecule has 1 atom stereocenters. The summed E-state index contributed by atoms with van der Waals surface area (Å²) in [6, 6.07) is 1.96. The Morgan fingerprint density at radius 3 is 2.47 bits per heavy atom. The Balaban J connectivity index is 2.47. The first kappa shape index (κ1) is 14.4. The van der Waals surface area contributed by atoms with Crippen LogP contribution in [0.5, 0.6) is 0 Å². The Kier molecular flexibility index (Phi) is 5.34. The molecule has 0 N–H and O–H groups in total. The minimum Gasteiger partial charge on any atom is -0.370 e. The van der Waals surface area contributed by atoms with Crippen molar-refractivity contribution in [3.05, 3.63) is 21.4 Å². The largest absolute Gasteiger partial charge is 0.370 e. The summed E-state index contributed by atoms with van der Waals surface area (Å²) in [5, 5.41) is 0. The summed E-state index contributed by atoms with van der Waals surface area (Å²) in [6.45, 7) is 10.6. The van der Waals surface area contributed by atoms with E-state index in [0.717, 1.165) is 16.9 Å². The molecule has 0 spiro atoms. The minimum absolute atomic E-state index is 0.0995. The molecule has 1 rings (SSSR count). The number of hydrogen-bond acceptors (Lipinski definition) is 3. The maximum Gasteiger partial charge on any atom is 0.189 e. The zero-order chi connectivity index (χ0) is 13.0. The highest BCUT2D eigenvalue weighted by atomic mass is 32.1. The lowest BCUT2D eigenvalue weighted by molar-refractivity contribution is 0.0445. The topological polar surface area (TPSA) is 26.3 Å². The van der Waals surface area contributed by atoms with E-state index in [1.807, 2.05) is 26.8 Å². The highest BCUT2D eigenvalue weighted by molar-refractivity contribution is 7.12. The number of carbonyl (C=O) groups excluding carboxylic acids is 1. The molecule has 1 unspecified atom stereocenters. The van der Waals surface area contributed by atoms with Crippen molar-refractivity contribution in [2.75, 3.05) is 6.61 Å². The average Bonchev–Trinajstić information content (AvgIpc) is 2.53. The third-order valence-corrected chi connectivity index (χ3v) is 3.61. The van der Waals surface area contributed by atoms with Crippen molar-refractivity contribution < 1.29 is 9.53 Å². The van der Waals surface area contributed by atoms with E-state index in [9.17, 15) is 4.79 Å². The van der Waals surface area contributed by atoms with Gasteiger partial charge in [-0.3, -0.25) is 4.79 Å². The van der Waals surface area contributed by atoms with Crippen molar-refractivity contribution in [2.45, 2.75) is 47.1 Å². The number of Topliss-reactive ketones (excluding diaryl/α,β-unsaturated/α-hetero) is 1. The average molecular weight is 254 g/mol. The van der Waals surface area contributed by atoms with Crippen LogP contribution in [0.4, 0.5) is 0 Å². The van der Waals surface area contributed by atoms with Crippen molar-refractivity contribution in [1.29, 1.82) is 0 Å². The minimum atomic E-state index is 0.0995. The van der Waals surface area contributed by atoms with Gasteiger partial charge in [-0.15, -0.1) is 11.3 Å². The molecule has 0 aliphatic rings. The van der Waals surface area contributed by atoms with Gasteiger partial charge in [0.2, 0.25) is 0 Å². The molecular formula is C14H22O2S. The van der Waals surface area contributed by atoms with Crippen LogP contribution >= 0.6 is 11.3 Å². The molecule has 0 bridgehead atoms. The van der Waals surface area contributed by atoms with Crippen molar-refractivity contribution in [3.63, 3.8) is 0 Å². The molecule has 0 saturated heterocycles. The SMILES string of the molecule is Cc1cc(C(=O)COC(C)CC(C)C)c(C)s1. The predicted octanol–water partition coefficient (Wildman–Crippen LogP) is 4.00. The Morgan fingerprint density at radius 1 is 1.35 bits per heavy atom. The Labute approximate surface area is 108 Å². The number of thiophene rings is 1. The van der Waals surface area contributed by atoms with E-state index < -0.39 is 0 Å². The monoisotopic (exact) mass is 254 g/mol. The molecule has 1 heterocycles. The van der Waals surface area contributed by atoms with Gasteiger partial charge in [0.15, 0.2) is 5.78 Å². The summed E-state index contributed by atoms with van der Waals surface area (Å²) in [5.74, 6) is 0.702. The number of carbonyl (C=O) groups is 1. The molecule has 0 amide bonds. The van der Waals surface area contributed by atoms with Gasteiger partial charge in [0.05, 0.1) is 6.10 Å². The summed E-state index contributed by atoms with van der Waals surface area (Å²) >= 11 is 1.67. The second-order valence-electron chi connectivity index (χ2n) is 5.00.